The zero-order chi connectivity index (χ0) is 14.2. The number of para-hydroxylation sites is 1. The van der Waals surface area contributed by atoms with Crippen molar-refractivity contribution in [3.05, 3.63) is 29.8 Å². The van der Waals surface area contributed by atoms with Gasteiger partial charge < -0.3 is 9.64 Å². The Bertz CT molecular complexity index is 385. The molecule has 1 saturated heterocycles. The smallest absolute Gasteiger partial charge is 0.122 e. The topological polar surface area (TPSA) is 13.7 Å². The fourth-order valence-electron chi connectivity index (χ4n) is 3.05. The van der Waals surface area contributed by atoms with Crippen LogP contribution in [0.5, 0.6) is 5.75 Å². The molecule has 0 saturated carbocycles. The van der Waals surface area contributed by atoms with E-state index in [4.69, 9.17) is 4.74 Å². The number of nitrogens with one attached hydrogen (secondary N) is 1. The molecule has 1 aromatic rings. The SMILES string of the molecule is CC[C@@H](C)c1ccccc1OCCC[NH+]1CCCCC1. The number of hydrogen-bond donors (Lipinski definition) is 1. The van der Waals surface area contributed by atoms with Crippen molar-refractivity contribution in [2.45, 2.75) is 51.9 Å². The molecule has 0 aromatic heterocycles. The molecule has 1 N–H and O–H groups in total. The molecule has 0 amide bonds. The summed E-state index contributed by atoms with van der Waals surface area (Å²) >= 11 is 0. The lowest BCUT2D eigenvalue weighted by Crippen LogP contribution is -3.12. The molecule has 2 heteroatoms. The van der Waals surface area contributed by atoms with Gasteiger partial charge in [0.1, 0.15) is 5.75 Å². The Morgan fingerprint density at radius 3 is 2.65 bits per heavy atom. The summed E-state index contributed by atoms with van der Waals surface area (Å²) in [4.78, 5) is 1.77. The van der Waals surface area contributed by atoms with E-state index in [2.05, 4.69) is 38.1 Å². The van der Waals surface area contributed by atoms with E-state index in [-0.39, 0.29) is 0 Å². The number of piperidine rings is 1. The maximum Gasteiger partial charge on any atom is 0.122 e. The molecule has 0 bridgehead atoms. The van der Waals surface area contributed by atoms with Gasteiger partial charge in [0.15, 0.2) is 0 Å². The monoisotopic (exact) mass is 276 g/mol. The van der Waals surface area contributed by atoms with Crippen molar-refractivity contribution < 1.29 is 9.64 Å². The van der Waals surface area contributed by atoms with Gasteiger partial charge in [0, 0.05) is 6.42 Å². The first-order chi connectivity index (χ1) is 9.81. The summed E-state index contributed by atoms with van der Waals surface area (Å²) in [6, 6.07) is 8.53. The van der Waals surface area contributed by atoms with Crippen LogP contribution in [0.15, 0.2) is 24.3 Å². The van der Waals surface area contributed by atoms with Gasteiger partial charge in [0.2, 0.25) is 0 Å². The summed E-state index contributed by atoms with van der Waals surface area (Å²) in [6.45, 7) is 9.37. The van der Waals surface area contributed by atoms with E-state index in [0.717, 1.165) is 18.8 Å². The van der Waals surface area contributed by atoms with Gasteiger partial charge in [-0.1, -0.05) is 32.0 Å². The highest BCUT2D eigenvalue weighted by molar-refractivity contribution is 5.35. The molecule has 0 aliphatic carbocycles. The molecule has 112 valence electrons. The van der Waals surface area contributed by atoms with Gasteiger partial charge in [-0.2, -0.15) is 0 Å². The minimum atomic E-state index is 0.582. The zero-order valence-electron chi connectivity index (χ0n) is 13.2. The number of quaternary nitrogens is 1. The predicted molar refractivity (Wildman–Crippen MR) is 84.7 cm³/mol. The van der Waals surface area contributed by atoms with Crippen LogP contribution < -0.4 is 9.64 Å². The van der Waals surface area contributed by atoms with Gasteiger partial charge in [-0.05, 0) is 43.2 Å². The third-order valence-electron chi connectivity index (χ3n) is 4.56. The van der Waals surface area contributed by atoms with Gasteiger partial charge in [-0.25, -0.2) is 0 Å². The summed E-state index contributed by atoms with van der Waals surface area (Å²) in [5.74, 6) is 1.68. The lowest BCUT2D eigenvalue weighted by molar-refractivity contribution is -0.905. The molecule has 1 aliphatic heterocycles. The van der Waals surface area contributed by atoms with Crippen molar-refractivity contribution in [1.82, 2.24) is 0 Å². The summed E-state index contributed by atoms with van der Waals surface area (Å²) in [6.07, 6.45) is 6.59. The Kier molecular flexibility index (Phi) is 6.38. The van der Waals surface area contributed by atoms with E-state index in [9.17, 15) is 0 Å². The van der Waals surface area contributed by atoms with Crippen LogP contribution in [0.1, 0.15) is 57.4 Å². The highest BCUT2D eigenvalue weighted by Gasteiger charge is 2.13. The fraction of sp³-hybridized carbons (Fsp3) is 0.667. The van der Waals surface area contributed by atoms with Crippen LogP contribution in [0.25, 0.3) is 0 Å². The van der Waals surface area contributed by atoms with E-state index < -0.39 is 0 Å². The van der Waals surface area contributed by atoms with E-state index in [1.165, 1.54) is 50.9 Å². The van der Waals surface area contributed by atoms with Gasteiger partial charge in [0.05, 0.1) is 26.2 Å². The first-order valence-electron chi connectivity index (χ1n) is 8.36. The van der Waals surface area contributed by atoms with Crippen LogP contribution in [0.4, 0.5) is 0 Å². The average molecular weight is 276 g/mol. The largest absolute Gasteiger partial charge is 0.493 e. The first-order valence-corrected chi connectivity index (χ1v) is 8.36. The highest BCUT2D eigenvalue weighted by Crippen LogP contribution is 2.28. The van der Waals surface area contributed by atoms with Crippen LogP contribution in [-0.2, 0) is 0 Å². The quantitative estimate of drug-likeness (QED) is 0.756. The molecular formula is C18H30NO+. The highest BCUT2D eigenvalue weighted by atomic mass is 16.5. The molecule has 0 radical (unpaired) electrons. The zero-order valence-corrected chi connectivity index (χ0v) is 13.2. The molecule has 1 fully saturated rings. The second-order valence-electron chi connectivity index (χ2n) is 6.11. The Morgan fingerprint density at radius 1 is 1.15 bits per heavy atom. The second kappa shape index (κ2) is 8.31. The van der Waals surface area contributed by atoms with Crippen LogP contribution in [0.2, 0.25) is 0 Å². The maximum absolute atomic E-state index is 6.04. The van der Waals surface area contributed by atoms with Crippen molar-refractivity contribution in [3.63, 3.8) is 0 Å². The lowest BCUT2D eigenvalue weighted by Gasteiger charge is -2.23. The number of benzene rings is 1. The van der Waals surface area contributed by atoms with E-state index in [1.807, 2.05) is 0 Å². The molecule has 1 atom stereocenters. The number of likely N-dealkylation sites (tertiary alicyclic amines) is 1. The van der Waals surface area contributed by atoms with Crippen molar-refractivity contribution in [2.24, 2.45) is 0 Å². The normalized spacial score (nSPS) is 17.9. The second-order valence-corrected chi connectivity index (χ2v) is 6.11. The van der Waals surface area contributed by atoms with E-state index >= 15 is 0 Å². The van der Waals surface area contributed by atoms with Crippen LogP contribution in [-0.4, -0.2) is 26.2 Å². The standard InChI is InChI=1S/C18H29NO/c1-3-16(2)17-10-5-6-11-18(17)20-15-9-14-19-12-7-4-8-13-19/h5-6,10-11,16H,3-4,7-9,12-15H2,1-2H3/p+1/t16-/m1/s1. The predicted octanol–water partition coefficient (Wildman–Crippen LogP) is 3.04. The molecular weight excluding hydrogens is 246 g/mol. The Labute approximate surface area is 124 Å². The third-order valence-corrected chi connectivity index (χ3v) is 4.56. The third kappa shape index (κ3) is 4.52. The Hall–Kier alpha value is -1.02. The number of ether oxygens (including phenoxy) is 1. The Morgan fingerprint density at radius 2 is 1.90 bits per heavy atom. The van der Waals surface area contributed by atoms with Gasteiger partial charge >= 0.3 is 0 Å². The van der Waals surface area contributed by atoms with Gasteiger partial charge in [-0.15, -0.1) is 0 Å². The van der Waals surface area contributed by atoms with Crippen molar-refractivity contribution in [3.8, 4) is 5.75 Å². The average Bonchev–Trinajstić information content (AvgIpc) is 2.52. The number of rotatable bonds is 7. The maximum atomic E-state index is 6.04. The van der Waals surface area contributed by atoms with Crippen LogP contribution in [0, 0.1) is 0 Å². The first kappa shape index (κ1) is 15.4. The Balaban J connectivity index is 1.76. The summed E-state index contributed by atoms with van der Waals surface area (Å²) in [7, 11) is 0. The summed E-state index contributed by atoms with van der Waals surface area (Å²) in [5.41, 5.74) is 1.36. The van der Waals surface area contributed by atoms with Gasteiger partial charge in [0.25, 0.3) is 0 Å². The van der Waals surface area contributed by atoms with E-state index in [1.54, 1.807) is 4.90 Å². The molecule has 20 heavy (non-hydrogen) atoms. The van der Waals surface area contributed by atoms with Crippen LogP contribution in [0.3, 0.4) is 0 Å². The number of hydrogen-bond acceptors (Lipinski definition) is 1. The molecule has 1 aliphatic rings. The molecule has 0 spiro atoms. The summed E-state index contributed by atoms with van der Waals surface area (Å²) in [5, 5.41) is 0. The minimum Gasteiger partial charge on any atom is -0.493 e. The molecule has 2 nitrogen and oxygen atoms in total. The van der Waals surface area contributed by atoms with Crippen LogP contribution >= 0.6 is 0 Å². The molecule has 2 rings (SSSR count). The van der Waals surface area contributed by atoms with Crippen molar-refractivity contribution in [2.75, 3.05) is 26.2 Å². The van der Waals surface area contributed by atoms with Crippen molar-refractivity contribution in [1.29, 1.82) is 0 Å². The van der Waals surface area contributed by atoms with E-state index in [0.29, 0.717) is 5.92 Å². The molecule has 1 aromatic carbocycles. The lowest BCUT2D eigenvalue weighted by atomic mass is 9.98. The minimum absolute atomic E-state index is 0.582. The van der Waals surface area contributed by atoms with Crippen molar-refractivity contribution >= 4 is 0 Å². The summed E-state index contributed by atoms with van der Waals surface area (Å²) < 4.78 is 6.04. The fourth-order valence-corrected chi connectivity index (χ4v) is 3.05. The molecule has 0 unspecified atom stereocenters. The molecule has 1 heterocycles. The van der Waals surface area contributed by atoms with Gasteiger partial charge in [-0.3, -0.25) is 0 Å².